The molecule has 3 rings (SSSR count). The van der Waals surface area contributed by atoms with E-state index in [0.717, 1.165) is 18.4 Å². The maximum absolute atomic E-state index is 12.2. The summed E-state index contributed by atoms with van der Waals surface area (Å²) in [5.74, 6) is 2.52. The van der Waals surface area contributed by atoms with Gasteiger partial charge in [-0.05, 0) is 50.4 Å². The number of hydrogen-bond donors (Lipinski definition) is 1. The van der Waals surface area contributed by atoms with Gasteiger partial charge in [-0.2, -0.15) is 0 Å². The molecule has 0 bridgehead atoms. The van der Waals surface area contributed by atoms with E-state index in [1.54, 1.807) is 6.92 Å². The number of nitrogens with one attached hydrogen (secondary N) is 1. The third kappa shape index (κ3) is 2.52. The van der Waals surface area contributed by atoms with Gasteiger partial charge in [0.25, 0.3) is 0 Å². The molecule has 1 heterocycles. The van der Waals surface area contributed by atoms with Gasteiger partial charge in [0, 0.05) is 19.5 Å². The molecule has 2 saturated carbocycles. The summed E-state index contributed by atoms with van der Waals surface area (Å²) in [7, 11) is 0. The molecule has 1 saturated heterocycles. The van der Waals surface area contributed by atoms with E-state index in [9.17, 15) is 9.59 Å². The molecule has 1 aliphatic heterocycles. The van der Waals surface area contributed by atoms with Crippen LogP contribution in [0.4, 0.5) is 0 Å². The van der Waals surface area contributed by atoms with Gasteiger partial charge < -0.3 is 10.2 Å². The highest BCUT2D eigenvalue weighted by Crippen LogP contribution is 2.49. The van der Waals surface area contributed by atoms with Crippen LogP contribution in [0.15, 0.2) is 0 Å². The normalized spacial score (nSPS) is 29.4. The SMILES string of the molecule is CC1NC(=O)CCN(CC(C2CC2)C2CC2)C1=O. The summed E-state index contributed by atoms with van der Waals surface area (Å²) in [5, 5.41) is 2.75. The van der Waals surface area contributed by atoms with Crippen LogP contribution in [0.1, 0.15) is 39.0 Å². The molecule has 0 aromatic carbocycles. The van der Waals surface area contributed by atoms with Crippen molar-refractivity contribution < 1.29 is 9.59 Å². The molecule has 4 nitrogen and oxygen atoms in total. The lowest BCUT2D eigenvalue weighted by Gasteiger charge is -2.27. The Kier molecular flexibility index (Phi) is 3.04. The zero-order valence-electron chi connectivity index (χ0n) is 11.0. The summed E-state index contributed by atoms with van der Waals surface area (Å²) in [6.45, 7) is 3.28. The van der Waals surface area contributed by atoms with E-state index in [1.807, 2.05) is 4.90 Å². The van der Waals surface area contributed by atoms with Crippen LogP contribution in [0.2, 0.25) is 0 Å². The third-order valence-electron chi connectivity index (χ3n) is 4.55. The lowest BCUT2D eigenvalue weighted by atomic mass is 9.97. The van der Waals surface area contributed by atoms with E-state index in [2.05, 4.69) is 5.32 Å². The predicted molar refractivity (Wildman–Crippen MR) is 67.7 cm³/mol. The molecule has 3 aliphatic rings. The van der Waals surface area contributed by atoms with Crippen LogP contribution in [0, 0.1) is 17.8 Å². The molecule has 0 aromatic rings. The van der Waals surface area contributed by atoms with Gasteiger partial charge in [-0.1, -0.05) is 0 Å². The van der Waals surface area contributed by atoms with Gasteiger partial charge in [-0.15, -0.1) is 0 Å². The highest BCUT2D eigenvalue weighted by molar-refractivity contribution is 5.89. The molecule has 0 aromatic heterocycles. The van der Waals surface area contributed by atoms with E-state index in [1.165, 1.54) is 25.7 Å². The van der Waals surface area contributed by atoms with Crippen LogP contribution in [-0.4, -0.2) is 35.8 Å². The lowest BCUT2D eigenvalue weighted by Crippen LogP contribution is -2.44. The molecule has 4 heteroatoms. The van der Waals surface area contributed by atoms with E-state index in [0.29, 0.717) is 18.9 Å². The Morgan fingerprint density at radius 3 is 2.39 bits per heavy atom. The van der Waals surface area contributed by atoms with Gasteiger partial charge >= 0.3 is 0 Å². The van der Waals surface area contributed by atoms with Crippen LogP contribution in [0.5, 0.6) is 0 Å². The van der Waals surface area contributed by atoms with Gasteiger partial charge in [0.2, 0.25) is 11.8 Å². The van der Waals surface area contributed by atoms with Crippen molar-refractivity contribution in [1.82, 2.24) is 10.2 Å². The average molecular weight is 250 g/mol. The first kappa shape index (κ1) is 12.0. The summed E-state index contributed by atoms with van der Waals surface area (Å²) in [5.41, 5.74) is 0. The standard InChI is InChI=1S/C14H22N2O2/c1-9-14(18)16(7-6-13(17)15-9)8-12(10-2-3-10)11-4-5-11/h9-12H,2-8H2,1H3,(H,15,17). The molecule has 1 N–H and O–H groups in total. The van der Waals surface area contributed by atoms with Gasteiger partial charge in [0.15, 0.2) is 0 Å². The van der Waals surface area contributed by atoms with Gasteiger partial charge in [-0.25, -0.2) is 0 Å². The molecular formula is C14H22N2O2. The van der Waals surface area contributed by atoms with Gasteiger partial charge in [-0.3, -0.25) is 9.59 Å². The maximum atomic E-state index is 12.2. The second kappa shape index (κ2) is 4.56. The topological polar surface area (TPSA) is 49.4 Å². The van der Waals surface area contributed by atoms with E-state index in [4.69, 9.17) is 0 Å². The monoisotopic (exact) mass is 250 g/mol. The summed E-state index contributed by atoms with van der Waals surface area (Å²) >= 11 is 0. The molecule has 1 atom stereocenters. The fraction of sp³-hybridized carbons (Fsp3) is 0.857. The molecule has 2 amide bonds. The fourth-order valence-corrected chi connectivity index (χ4v) is 3.16. The summed E-state index contributed by atoms with van der Waals surface area (Å²) in [6, 6.07) is -0.348. The number of hydrogen-bond acceptors (Lipinski definition) is 2. The van der Waals surface area contributed by atoms with Crippen LogP contribution >= 0.6 is 0 Å². The molecule has 0 spiro atoms. The second-order valence-corrected chi connectivity index (χ2v) is 6.16. The minimum atomic E-state index is -0.348. The van der Waals surface area contributed by atoms with E-state index < -0.39 is 0 Å². The third-order valence-corrected chi connectivity index (χ3v) is 4.55. The van der Waals surface area contributed by atoms with Crippen molar-refractivity contribution in [1.29, 1.82) is 0 Å². The van der Waals surface area contributed by atoms with Crippen molar-refractivity contribution in [2.75, 3.05) is 13.1 Å². The van der Waals surface area contributed by atoms with Gasteiger partial charge in [0.05, 0.1) is 0 Å². The molecule has 0 radical (unpaired) electrons. The van der Waals surface area contributed by atoms with Crippen molar-refractivity contribution in [3.05, 3.63) is 0 Å². The highest BCUT2D eigenvalue weighted by Gasteiger charge is 2.43. The minimum Gasteiger partial charge on any atom is -0.345 e. The van der Waals surface area contributed by atoms with Crippen molar-refractivity contribution in [2.24, 2.45) is 17.8 Å². The first-order valence-corrected chi connectivity index (χ1v) is 7.23. The molecule has 1 unspecified atom stereocenters. The average Bonchev–Trinajstić information content (AvgIpc) is 3.16. The van der Waals surface area contributed by atoms with Crippen molar-refractivity contribution in [3.8, 4) is 0 Å². The largest absolute Gasteiger partial charge is 0.345 e. The number of nitrogens with zero attached hydrogens (tertiary/aromatic N) is 1. The van der Waals surface area contributed by atoms with Crippen LogP contribution in [0.3, 0.4) is 0 Å². The van der Waals surface area contributed by atoms with Crippen LogP contribution < -0.4 is 5.32 Å². The predicted octanol–water partition coefficient (Wildman–Crippen LogP) is 1.16. The minimum absolute atomic E-state index is 0.00717. The molecule has 3 fully saturated rings. The number of carbonyl (C=O) groups excluding carboxylic acids is 2. The molecule has 2 aliphatic carbocycles. The molecular weight excluding hydrogens is 228 g/mol. The van der Waals surface area contributed by atoms with Crippen molar-refractivity contribution in [2.45, 2.75) is 45.1 Å². The number of carbonyl (C=O) groups is 2. The van der Waals surface area contributed by atoms with Gasteiger partial charge in [0.1, 0.15) is 6.04 Å². The zero-order chi connectivity index (χ0) is 12.7. The van der Waals surface area contributed by atoms with E-state index >= 15 is 0 Å². The first-order valence-electron chi connectivity index (χ1n) is 7.23. The second-order valence-electron chi connectivity index (χ2n) is 6.16. The first-order chi connectivity index (χ1) is 8.65. The zero-order valence-corrected chi connectivity index (χ0v) is 11.0. The Labute approximate surface area is 108 Å². The smallest absolute Gasteiger partial charge is 0.244 e. The van der Waals surface area contributed by atoms with Crippen molar-refractivity contribution >= 4 is 11.8 Å². The number of amides is 2. The van der Waals surface area contributed by atoms with E-state index in [-0.39, 0.29) is 17.9 Å². The Morgan fingerprint density at radius 2 is 1.83 bits per heavy atom. The highest BCUT2D eigenvalue weighted by atomic mass is 16.2. The Balaban J connectivity index is 1.65. The summed E-state index contributed by atoms with van der Waals surface area (Å²) < 4.78 is 0. The molecule has 18 heavy (non-hydrogen) atoms. The Bertz CT molecular complexity index is 349. The number of rotatable bonds is 4. The fourth-order valence-electron chi connectivity index (χ4n) is 3.16. The molecule has 100 valence electrons. The summed E-state index contributed by atoms with van der Waals surface area (Å²) in [4.78, 5) is 25.6. The quantitative estimate of drug-likeness (QED) is 0.814. The Morgan fingerprint density at radius 1 is 1.22 bits per heavy atom. The summed E-state index contributed by atoms with van der Waals surface area (Å²) in [6.07, 6.45) is 5.83. The van der Waals surface area contributed by atoms with Crippen LogP contribution in [0.25, 0.3) is 0 Å². The lowest BCUT2D eigenvalue weighted by molar-refractivity contribution is -0.133. The van der Waals surface area contributed by atoms with Crippen LogP contribution in [-0.2, 0) is 9.59 Å². The maximum Gasteiger partial charge on any atom is 0.244 e. The van der Waals surface area contributed by atoms with Crippen molar-refractivity contribution in [3.63, 3.8) is 0 Å². The Hall–Kier alpha value is -1.06.